The van der Waals surface area contributed by atoms with Gasteiger partial charge in [0.05, 0.1) is 19.6 Å². The quantitative estimate of drug-likeness (QED) is 0.844. The molecule has 0 spiro atoms. The molecule has 2 amide bonds. The number of rotatable bonds is 4. The van der Waals surface area contributed by atoms with Crippen molar-refractivity contribution in [3.8, 4) is 0 Å². The van der Waals surface area contributed by atoms with Crippen molar-refractivity contribution in [1.29, 1.82) is 0 Å². The zero-order chi connectivity index (χ0) is 15.5. The summed E-state index contributed by atoms with van der Waals surface area (Å²) in [5.74, 6) is -0.236. The molecule has 6 heteroatoms. The summed E-state index contributed by atoms with van der Waals surface area (Å²) in [6.45, 7) is 5.56. The van der Waals surface area contributed by atoms with Gasteiger partial charge in [-0.3, -0.25) is 14.5 Å². The van der Waals surface area contributed by atoms with E-state index >= 15 is 0 Å². The van der Waals surface area contributed by atoms with Gasteiger partial charge in [-0.15, -0.1) is 0 Å². The number of anilines is 2. The summed E-state index contributed by atoms with van der Waals surface area (Å²) in [7, 11) is 0. The van der Waals surface area contributed by atoms with Crippen LogP contribution in [0.15, 0.2) is 24.3 Å². The molecule has 2 saturated heterocycles. The van der Waals surface area contributed by atoms with Crippen molar-refractivity contribution in [3.05, 3.63) is 24.3 Å². The van der Waals surface area contributed by atoms with Gasteiger partial charge in [0.1, 0.15) is 6.04 Å². The fourth-order valence-corrected chi connectivity index (χ4v) is 2.92. The predicted molar refractivity (Wildman–Crippen MR) is 83.9 cm³/mol. The van der Waals surface area contributed by atoms with Gasteiger partial charge in [0, 0.05) is 31.0 Å². The monoisotopic (exact) mass is 303 g/mol. The molecule has 2 aliphatic rings. The summed E-state index contributed by atoms with van der Waals surface area (Å²) in [6.07, 6.45) is 0.234. The van der Waals surface area contributed by atoms with Crippen LogP contribution in [0.4, 0.5) is 11.4 Å². The van der Waals surface area contributed by atoms with Crippen LogP contribution in [0.1, 0.15) is 13.3 Å². The number of likely N-dealkylation sites (tertiary alicyclic amines) is 1. The first-order valence-electron chi connectivity index (χ1n) is 7.72. The van der Waals surface area contributed by atoms with Crippen LogP contribution in [0, 0.1) is 0 Å². The van der Waals surface area contributed by atoms with Crippen molar-refractivity contribution in [2.45, 2.75) is 19.4 Å². The molecule has 22 heavy (non-hydrogen) atoms. The Balaban J connectivity index is 1.64. The highest BCUT2D eigenvalue weighted by molar-refractivity contribution is 6.06. The topological polar surface area (TPSA) is 61.9 Å². The number of amides is 2. The molecule has 1 atom stereocenters. The van der Waals surface area contributed by atoms with Crippen LogP contribution in [0.25, 0.3) is 0 Å². The van der Waals surface area contributed by atoms with Crippen molar-refractivity contribution in [3.63, 3.8) is 0 Å². The summed E-state index contributed by atoms with van der Waals surface area (Å²) < 4.78 is 5.35. The number of likely N-dealkylation sites (N-methyl/N-ethyl adjacent to an activating group) is 1. The Kier molecular flexibility index (Phi) is 4.29. The van der Waals surface area contributed by atoms with Crippen LogP contribution in [-0.2, 0) is 14.3 Å². The van der Waals surface area contributed by atoms with E-state index in [0.29, 0.717) is 6.54 Å². The van der Waals surface area contributed by atoms with E-state index in [4.69, 9.17) is 4.74 Å². The zero-order valence-corrected chi connectivity index (χ0v) is 12.7. The second-order valence-electron chi connectivity index (χ2n) is 5.52. The van der Waals surface area contributed by atoms with Gasteiger partial charge in [-0.1, -0.05) is 0 Å². The van der Waals surface area contributed by atoms with Crippen molar-refractivity contribution in [2.24, 2.45) is 0 Å². The van der Waals surface area contributed by atoms with Crippen molar-refractivity contribution in [1.82, 2.24) is 4.90 Å². The Morgan fingerprint density at radius 3 is 2.45 bits per heavy atom. The van der Waals surface area contributed by atoms with E-state index in [9.17, 15) is 9.59 Å². The Morgan fingerprint density at radius 1 is 1.18 bits per heavy atom. The van der Waals surface area contributed by atoms with Crippen LogP contribution in [0.2, 0.25) is 0 Å². The summed E-state index contributed by atoms with van der Waals surface area (Å²) in [6, 6.07) is 7.54. The Bertz CT molecular complexity index is 552. The normalized spacial score (nSPS) is 22.3. The molecule has 0 radical (unpaired) electrons. The number of hydrogen-bond acceptors (Lipinski definition) is 5. The Labute approximate surface area is 130 Å². The third kappa shape index (κ3) is 2.92. The number of benzene rings is 1. The molecule has 6 nitrogen and oxygen atoms in total. The van der Waals surface area contributed by atoms with Crippen LogP contribution >= 0.6 is 0 Å². The van der Waals surface area contributed by atoms with Gasteiger partial charge in [-0.05, 0) is 31.2 Å². The molecule has 1 N–H and O–H groups in total. The fraction of sp³-hybridized carbons (Fsp3) is 0.500. The lowest BCUT2D eigenvalue weighted by molar-refractivity contribution is -0.138. The van der Waals surface area contributed by atoms with Gasteiger partial charge >= 0.3 is 0 Å². The van der Waals surface area contributed by atoms with Gasteiger partial charge in [0.25, 0.3) is 5.91 Å². The van der Waals surface area contributed by atoms with Crippen LogP contribution in [0.3, 0.4) is 0 Å². The van der Waals surface area contributed by atoms with E-state index in [1.165, 1.54) is 4.90 Å². The van der Waals surface area contributed by atoms with Crippen LogP contribution in [0.5, 0.6) is 0 Å². The first-order valence-corrected chi connectivity index (χ1v) is 7.72. The molecule has 1 aromatic carbocycles. The highest BCUT2D eigenvalue weighted by Gasteiger charge is 2.37. The molecule has 0 saturated carbocycles. The minimum atomic E-state index is -0.443. The first-order chi connectivity index (χ1) is 10.7. The fourth-order valence-electron chi connectivity index (χ4n) is 2.92. The SMILES string of the molecule is CCN1C(=O)CC(Nc2ccc(N3CCOCC3)cc2)C1=O. The smallest absolute Gasteiger partial charge is 0.252 e. The van der Waals surface area contributed by atoms with Gasteiger partial charge in [0.2, 0.25) is 5.91 Å². The minimum absolute atomic E-state index is 0.102. The van der Waals surface area contributed by atoms with Gasteiger partial charge in [-0.25, -0.2) is 0 Å². The van der Waals surface area contributed by atoms with Crippen LogP contribution < -0.4 is 10.2 Å². The van der Waals surface area contributed by atoms with Gasteiger partial charge < -0.3 is 15.0 Å². The molecule has 2 aliphatic heterocycles. The maximum atomic E-state index is 12.1. The molecular formula is C16H21N3O3. The van der Waals surface area contributed by atoms with Crippen molar-refractivity contribution < 1.29 is 14.3 Å². The number of carbonyl (C=O) groups is 2. The summed E-state index contributed by atoms with van der Waals surface area (Å²) in [4.78, 5) is 27.4. The number of nitrogens with zero attached hydrogens (tertiary/aromatic N) is 2. The maximum Gasteiger partial charge on any atom is 0.252 e. The number of imide groups is 1. The first kappa shape index (κ1) is 14.8. The average Bonchev–Trinajstić information content (AvgIpc) is 2.82. The van der Waals surface area contributed by atoms with E-state index in [0.717, 1.165) is 37.7 Å². The molecule has 1 unspecified atom stereocenters. The van der Waals surface area contributed by atoms with E-state index < -0.39 is 6.04 Å². The van der Waals surface area contributed by atoms with E-state index in [1.807, 2.05) is 31.2 Å². The maximum absolute atomic E-state index is 12.1. The van der Waals surface area contributed by atoms with Crippen LogP contribution in [-0.4, -0.2) is 55.6 Å². The van der Waals surface area contributed by atoms with Crippen molar-refractivity contribution >= 4 is 23.2 Å². The largest absolute Gasteiger partial charge is 0.378 e. The summed E-state index contributed by atoms with van der Waals surface area (Å²) >= 11 is 0. The second kappa shape index (κ2) is 6.36. The number of ether oxygens (including phenoxy) is 1. The molecule has 118 valence electrons. The standard InChI is InChI=1S/C16H21N3O3/c1-2-19-15(20)11-14(16(19)21)17-12-3-5-13(6-4-12)18-7-9-22-10-8-18/h3-6,14,17H,2,7-11H2,1H3. The number of morpholine rings is 1. The van der Waals surface area contributed by atoms with E-state index in [1.54, 1.807) is 0 Å². The molecule has 0 aromatic heterocycles. The molecule has 2 heterocycles. The average molecular weight is 303 g/mol. The Morgan fingerprint density at radius 2 is 1.86 bits per heavy atom. The predicted octanol–water partition coefficient (Wildman–Crippen LogP) is 1.08. The van der Waals surface area contributed by atoms with Crippen molar-refractivity contribution in [2.75, 3.05) is 43.1 Å². The highest BCUT2D eigenvalue weighted by Crippen LogP contribution is 2.22. The molecule has 0 bridgehead atoms. The second-order valence-corrected chi connectivity index (χ2v) is 5.52. The molecule has 3 rings (SSSR count). The van der Waals surface area contributed by atoms with E-state index in [2.05, 4.69) is 10.2 Å². The summed E-state index contributed by atoms with van der Waals surface area (Å²) in [5.41, 5.74) is 2.01. The van der Waals surface area contributed by atoms with Gasteiger partial charge in [-0.2, -0.15) is 0 Å². The molecule has 2 fully saturated rings. The lowest BCUT2D eigenvalue weighted by Gasteiger charge is -2.29. The summed E-state index contributed by atoms with van der Waals surface area (Å²) in [5, 5.41) is 3.16. The molecule has 0 aliphatic carbocycles. The lowest BCUT2D eigenvalue weighted by atomic mass is 10.2. The third-order valence-corrected chi connectivity index (χ3v) is 4.14. The van der Waals surface area contributed by atoms with Gasteiger partial charge in [0.15, 0.2) is 0 Å². The minimum Gasteiger partial charge on any atom is -0.378 e. The number of carbonyl (C=O) groups excluding carboxylic acids is 2. The Hall–Kier alpha value is -2.08. The highest BCUT2D eigenvalue weighted by atomic mass is 16.5. The lowest BCUT2D eigenvalue weighted by Crippen LogP contribution is -2.36. The molecule has 1 aromatic rings. The third-order valence-electron chi connectivity index (χ3n) is 4.14. The zero-order valence-electron chi connectivity index (χ0n) is 12.7. The van der Waals surface area contributed by atoms with E-state index in [-0.39, 0.29) is 18.2 Å². The molecular weight excluding hydrogens is 282 g/mol. The number of hydrogen-bond donors (Lipinski definition) is 1. The number of nitrogens with one attached hydrogen (secondary N) is 1.